The Morgan fingerprint density at radius 2 is 0.750 bits per heavy atom. The van der Waals surface area contributed by atoms with Gasteiger partial charge in [-0.05, 0) is 0 Å². The van der Waals surface area contributed by atoms with Crippen molar-refractivity contribution in [3.8, 4) is 0 Å². The summed E-state index contributed by atoms with van der Waals surface area (Å²) in [7, 11) is 0. The van der Waals surface area contributed by atoms with Crippen molar-refractivity contribution in [1.29, 1.82) is 0 Å². The summed E-state index contributed by atoms with van der Waals surface area (Å²) < 4.78 is 233. The third-order valence-corrected chi connectivity index (χ3v) is 3.06. The quantitative estimate of drug-likeness (QED) is 0.346. The summed E-state index contributed by atoms with van der Waals surface area (Å²) in [5.74, 6) is 0. The summed E-state index contributed by atoms with van der Waals surface area (Å²) in [6, 6.07) is -35.0. The molecule has 0 radical (unpaired) electrons. The molecule has 5 nitrogen and oxygen atoms in total. The maximum absolute atomic E-state index is 13.5. The van der Waals surface area contributed by atoms with Crippen molar-refractivity contribution in [2.24, 2.45) is 0 Å². The van der Waals surface area contributed by atoms with E-state index in [9.17, 15) is 83.8 Å². The molecule has 0 aromatic heterocycles. The largest absolute Gasteiger partial charge is 0.527 e. The molecule has 0 unspecified atom stereocenters. The average molecular weight is 526 g/mol. The van der Waals surface area contributed by atoms with Crippen LogP contribution in [0.1, 0.15) is 0 Å². The number of amides is 2. The summed E-state index contributed by atoms with van der Waals surface area (Å²) >= 11 is 0. The molecule has 2 amide bonds. The normalized spacial score (nSPS) is 20.9. The highest BCUT2D eigenvalue weighted by atomic mass is 19.4. The van der Waals surface area contributed by atoms with Crippen molar-refractivity contribution in [3.63, 3.8) is 0 Å². The Hall–Kier alpha value is -2.07. The van der Waals surface area contributed by atoms with Crippen LogP contribution < -0.4 is 0 Å². The van der Waals surface area contributed by atoms with E-state index in [2.05, 4.69) is 0 Å². The number of hydrogen-bond acceptors (Lipinski definition) is 3. The van der Waals surface area contributed by atoms with Gasteiger partial charge in [0, 0.05) is 0 Å². The highest BCUT2D eigenvalue weighted by Gasteiger charge is 2.89. The summed E-state index contributed by atoms with van der Waals surface area (Å²) in [4.78, 5) is 3.84. The van der Waals surface area contributed by atoms with Crippen LogP contribution in [-0.2, 0) is 9.47 Å². The van der Waals surface area contributed by atoms with Gasteiger partial charge in [-0.25, -0.2) is 14.3 Å². The number of halogens is 18. The molecular formula is C9F18N2O3. The van der Waals surface area contributed by atoms with Crippen LogP contribution in [0.25, 0.3) is 0 Å². The first-order valence-corrected chi connectivity index (χ1v) is 6.51. The van der Waals surface area contributed by atoms with Gasteiger partial charge in [0.05, 0.1) is 0 Å². The Balaban J connectivity index is 3.67. The monoisotopic (exact) mass is 526 g/mol. The molecule has 1 aliphatic heterocycles. The highest BCUT2D eigenvalue weighted by molar-refractivity contribution is 5.80. The van der Waals surface area contributed by atoms with Gasteiger partial charge in [-0.2, -0.15) is 62.5 Å². The fourth-order valence-electron chi connectivity index (χ4n) is 1.88. The number of carbonyl (C=O) groups is 1. The second-order valence-corrected chi connectivity index (χ2v) is 5.25. The van der Waals surface area contributed by atoms with E-state index in [1.807, 2.05) is 0 Å². The van der Waals surface area contributed by atoms with Crippen LogP contribution in [0.4, 0.5) is 83.8 Å². The molecular weight excluding hydrogens is 526 g/mol. The van der Waals surface area contributed by atoms with Crippen LogP contribution in [0.15, 0.2) is 0 Å². The molecule has 1 saturated heterocycles. The van der Waals surface area contributed by atoms with E-state index in [0.29, 0.717) is 0 Å². The molecule has 23 heteroatoms. The van der Waals surface area contributed by atoms with Crippen LogP contribution >= 0.6 is 0 Å². The van der Waals surface area contributed by atoms with E-state index in [4.69, 9.17) is 0 Å². The predicted molar refractivity (Wildman–Crippen MR) is 53.0 cm³/mol. The molecule has 0 aromatic carbocycles. The Morgan fingerprint density at radius 1 is 0.531 bits per heavy atom. The molecule has 0 aromatic rings. The Labute approximate surface area is 160 Å². The van der Waals surface area contributed by atoms with E-state index in [1.165, 1.54) is 9.47 Å². The summed E-state index contributed by atoms with van der Waals surface area (Å²) in [6.07, 6.45) is -28.7. The van der Waals surface area contributed by atoms with Gasteiger partial charge in [-0.15, -0.1) is 26.3 Å². The van der Waals surface area contributed by atoms with Gasteiger partial charge >= 0.3 is 55.2 Å². The molecule has 0 saturated carbocycles. The zero-order valence-electron chi connectivity index (χ0n) is 13.4. The third kappa shape index (κ3) is 4.26. The number of rotatable bonds is 6. The second-order valence-electron chi connectivity index (χ2n) is 5.25. The number of urea groups is 1. The van der Waals surface area contributed by atoms with Crippen LogP contribution in [0.2, 0.25) is 0 Å². The zero-order chi connectivity index (χ0) is 26.1. The second kappa shape index (κ2) is 6.96. The number of hydrogen-bond donors (Lipinski definition) is 0. The Kier molecular flexibility index (Phi) is 6.08. The highest BCUT2D eigenvalue weighted by Crippen LogP contribution is 2.59. The van der Waals surface area contributed by atoms with Crippen molar-refractivity contribution in [2.45, 2.75) is 49.1 Å². The lowest BCUT2D eigenvalue weighted by atomic mass is 10.3. The minimum Gasteiger partial charge on any atom is -0.248 e. The molecule has 1 aliphatic rings. The zero-order valence-corrected chi connectivity index (χ0v) is 13.4. The van der Waals surface area contributed by atoms with Gasteiger partial charge in [0.15, 0.2) is 0 Å². The van der Waals surface area contributed by atoms with E-state index in [-0.39, 0.29) is 0 Å². The van der Waals surface area contributed by atoms with Gasteiger partial charge in [0.1, 0.15) is 0 Å². The molecule has 1 rings (SSSR count). The minimum absolute atomic E-state index is 1.38. The standard InChI is InChI=1S/C9F18N2O3/c10-2(11)3(12,13)29(5(16,17)7(20,21)32-9(25,26)27)1(30)28(2)4(14,15)6(18,19)31-8(22,23)24. The number of nitrogens with zero attached hydrogens (tertiary/aromatic N) is 2. The lowest BCUT2D eigenvalue weighted by molar-refractivity contribution is -0.498. The van der Waals surface area contributed by atoms with E-state index in [1.54, 1.807) is 0 Å². The molecule has 0 spiro atoms. The molecule has 1 fully saturated rings. The number of carbonyl (C=O) groups excluding carboxylic acids is 1. The van der Waals surface area contributed by atoms with Crippen molar-refractivity contribution >= 4 is 6.03 Å². The first-order valence-electron chi connectivity index (χ1n) is 6.51. The van der Waals surface area contributed by atoms with Gasteiger partial charge in [-0.3, -0.25) is 0 Å². The maximum Gasteiger partial charge on any atom is 0.527 e. The van der Waals surface area contributed by atoms with Crippen molar-refractivity contribution in [1.82, 2.24) is 9.80 Å². The molecule has 0 aliphatic carbocycles. The SMILES string of the molecule is O=C1N(C(F)(F)C(F)(F)OC(F)(F)F)C(F)(F)C(F)(F)N1C(F)(F)C(F)(F)OC(F)(F)F. The number of alkyl halides is 18. The molecule has 32 heavy (non-hydrogen) atoms. The van der Waals surface area contributed by atoms with Crippen LogP contribution in [-0.4, -0.2) is 65.0 Å². The van der Waals surface area contributed by atoms with Crippen LogP contribution in [0, 0.1) is 0 Å². The lowest BCUT2D eigenvalue weighted by Crippen LogP contribution is -2.63. The van der Waals surface area contributed by atoms with Gasteiger partial charge in [0.2, 0.25) is 0 Å². The molecule has 0 atom stereocenters. The molecule has 0 N–H and O–H groups in total. The first-order chi connectivity index (χ1) is 13.6. The number of ether oxygens (including phenoxy) is 2. The van der Waals surface area contributed by atoms with E-state index in [0.717, 1.165) is 0 Å². The summed E-state index contributed by atoms with van der Waals surface area (Å²) in [5.41, 5.74) is 0. The van der Waals surface area contributed by atoms with Crippen molar-refractivity contribution < 1.29 is 93.3 Å². The molecule has 190 valence electrons. The fourth-order valence-corrected chi connectivity index (χ4v) is 1.88. The van der Waals surface area contributed by atoms with Crippen LogP contribution in [0.3, 0.4) is 0 Å². The van der Waals surface area contributed by atoms with Crippen molar-refractivity contribution in [3.05, 3.63) is 0 Å². The van der Waals surface area contributed by atoms with E-state index < -0.39 is 65.0 Å². The third-order valence-electron chi connectivity index (χ3n) is 3.06. The van der Waals surface area contributed by atoms with Crippen molar-refractivity contribution in [2.75, 3.05) is 0 Å². The van der Waals surface area contributed by atoms with Crippen LogP contribution in [0.5, 0.6) is 0 Å². The van der Waals surface area contributed by atoms with Gasteiger partial charge in [0.25, 0.3) is 0 Å². The first kappa shape index (κ1) is 28.0. The smallest absolute Gasteiger partial charge is 0.248 e. The van der Waals surface area contributed by atoms with E-state index >= 15 is 0 Å². The predicted octanol–water partition coefficient (Wildman–Crippen LogP) is 5.35. The average Bonchev–Trinajstić information content (AvgIpc) is 2.54. The summed E-state index contributed by atoms with van der Waals surface area (Å²) in [5, 5.41) is 0. The Morgan fingerprint density at radius 3 is 0.938 bits per heavy atom. The van der Waals surface area contributed by atoms with Gasteiger partial charge < -0.3 is 0 Å². The lowest BCUT2D eigenvalue weighted by Gasteiger charge is -2.35. The van der Waals surface area contributed by atoms with Gasteiger partial charge in [-0.1, -0.05) is 0 Å². The Bertz CT molecular complexity index is 681. The summed E-state index contributed by atoms with van der Waals surface area (Å²) in [6.45, 7) is 0. The fraction of sp³-hybridized carbons (Fsp3) is 0.889. The topological polar surface area (TPSA) is 42.0 Å². The maximum atomic E-state index is 13.5. The minimum atomic E-state index is -7.66. The molecule has 1 heterocycles. The molecule has 0 bridgehead atoms.